The molecule has 4 heteroatoms. The summed E-state index contributed by atoms with van der Waals surface area (Å²) in [5.41, 5.74) is 1.93. The Kier molecular flexibility index (Phi) is 5.30. The molecule has 4 nitrogen and oxygen atoms in total. The SMILES string of the molecule is O=C(C=Cc1ccc2c(c1)OCCO2)OCC=Cc1ccccc1. The summed E-state index contributed by atoms with van der Waals surface area (Å²) in [6, 6.07) is 15.4. The van der Waals surface area contributed by atoms with E-state index >= 15 is 0 Å². The number of fused-ring (bicyclic) bond motifs is 1. The van der Waals surface area contributed by atoms with Gasteiger partial charge in [-0.1, -0.05) is 42.5 Å². The first-order valence-corrected chi connectivity index (χ1v) is 7.77. The van der Waals surface area contributed by atoms with E-state index in [0.29, 0.717) is 19.0 Å². The predicted molar refractivity (Wildman–Crippen MR) is 92.9 cm³/mol. The molecule has 0 radical (unpaired) electrons. The molecule has 0 saturated heterocycles. The van der Waals surface area contributed by atoms with Gasteiger partial charge in [-0.2, -0.15) is 0 Å². The average molecular weight is 322 g/mol. The highest BCUT2D eigenvalue weighted by atomic mass is 16.6. The Hall–Kier alpha value is -3.01. The van der Waals surface area contributed by atoms with Crippen LogP contribution in [0.5, 0.6) is 11.5 Å². The van der Waals surface area contributed by atoms with Gasteiger partial charge in [0.1, 0.15) is 19.8 Å². The van der Waals surface area contributed by atoms with E-state index in [9.17, 15) is 4.79 Å². The molecule has 0 aromatic heterocycles. The van der Waals surface area contributed by atoms with Crippen molar-refractivity contribution >= 4 is 18.1 Å². The third-order valence-corrected chi connectivity index (χ3v) is 3.41. The molecule has 24 heavy (non-hydrogen) atoms. The first-order valence-electron chi connectivity index (χ1n) is 7.77. The van der Waals surface area contributed by atoms with Crippen molar-refractivity contribution < 1.29 is 19.0 Å². The maximum atomic E-state index is 11.7. The summed E-state index contributed by atoms with van der Waals surface area (Å²) in [5.74, 6) is 1.04. The van der Waals surface area contributed by atoms with Gasteiger partial charge in [0.2, 0.25) is 0 Å². The zero-order valence-electron chi connectivity index (χ0n) is 13.2. The summed E-state index contributed by atoms with van der Waals surface area (Å²) in [6.07, 6.45) is 6.83. The Morgan fingerprint density at radius 1 is 0.958 bits per heavy atom. The van der Waals surface area contributed by atoms with Crippen LogP contribution in [0.2, 0.25) is 0 Å². The molecule has 0 aliphatic carbocycles. The highest BCUT2D eigenvalue weighted by molar-refractivity contribution is 5.87. The maximum Gasteiger partial charge on any atom is 0.331 e. The van der Waals surface area contributed by atoms with E-state index in [2.05, 4.69) is 0 Å². The number of ether oxygens (including phenoxy) is 3. The second kappa shape index (κ2) is 8.02. The minimum Gasteiger partial charge on any atom is -0.486 e. The standard InChI is InChI=1S/C20H18O4/c21-20(24-12-4-7-16-5-2-1-3-6-16)11-9-17-8-10-18-19(15-17)23-14-13-22-18/h1-11,15H,12-14H2. The second-order valence-corrected chi connectivity index (χ2v) is 5.18. The van der Waals surface area contributed by atoms with E-state index < -0.39 is 0 Å². The van der Waals surface area contributed by atoms with E-state index in [-0.39, 0.29) is 12.6 Å². The Morgan fingerprint density at radius 3 is 2.58 bits per heavy atom. The molecule has 0 fully saturated rings. The van der Waals surface area contributed by atoms with Crippen LogP contribution in [0.15, 0.2) is 60.7 Å². The topological polar surface area (TPSA) is 44.8 Å². The molecule has 0 saturated carbocycles. The van der Waals surface area contributed by atoms with Crippen LogP contribution < -0.4 is 9.47 Å². The second-order valence-electron chi connectivity index (χ2n) is 5.18. The summed E-state index contributed by atoms with van der Waals surface area (Å²) in [7, 11) is 0. The first-order chi connectivity index (χ1) is 11.8. The molecule has 0 N–H and O–H groups in total. The number of carbonyl (C=O) groups is 1. The van der Waals surface area contributed by atoms with Crippen LogP contribution in [-0.2, 0) is 9.53 Å². The van der Waals surface area contributed by atoms with Crippen molar-refractivity contribution in [3.63, 3.8) is 0 Å². The Balaban J connectivity index is 1.49. The Bertz CT molecular complexity index is 747. The lowest BCUT2D eigenvalue weighted by atomic mass is 10.2. The third kappa shape index (κ3) is 4.49. The number of hydrogen-bond acceptors (Lipinski definition) is 4. The van der Waals surface area contributed by atoms with Gasteiger partial charge in [0, 0.05) is 6.08 Å². The van der Waals surface area contributed by atoms with Crippen LogP contribution >= 0.6 is 0 Å². The van der Waals surface area contributed by atoms with E-state index in [4.69, 9.17) is 14.2 Å². The van der Waals surface area contributed by atoms with Crippen molar-refractivity contribution in [3.8, 4) is 11.5 Å². The van der Waals surface area contributed by atoms with Crippen LogP contribution in [0.4, 0.5) is 0 Å². The molecule has 0 bridgehead atoms. The van der Waals surface area contributed by atoms with Crippen LogP contribution in [-0.4, -0.2) is 25.8 Å². The fraction of sp³-hybridized carbons (Fsp3) is 0.150. The molecular formula is C20H18O4. The molecule has 0 unspecified atom stereocenters. The first kappa shape index (κ1) is 15.9. The Labute approximate surface area is 141 Å². The molecule has 0 atom stereocenters. The molecular weight excluding hydrogens is 304 g/mol. The maximum absolute atomic E-state index is 11.7. The van der Waals surface area contributed by atoms with Gasteiger partial charge in [0.15, 0.2) is 11.5 Å². The van der Waals surface area contributed by atoms with Crippen molar-refractivity contribution in [2.24, 2.45) is 0 Å². The van der Waals surface area contributed by atoms with Gasteiger partial charge in [-0.15, -0.1) is 0 Å². The van der Waals surface area contributed by atoms with Crippen molar-refractivity contribution in [2.45, 2.75) is 0 Å². The smallest absolute Gasteiger partial charge is 0.331 e. The lowest BCUT2D eigenvalue weighted by molar-refractivity contribution is -0.136. The molecule has 0 amide bonds. The average Bonchev–Trinajstić information content (AvgIpc) is 2.64. The van der Waals surface area contributed by atoms with Crippen LogP contribution in [0.1, 0.15) is 11.1 Å². The van der Waals surface area contributed by atoms with Crippen molar-refractivity contribution in [3.05, 3.63) is 71.8 Å². The molecule has 2 aromatic rings. The van der Waals surface area contributed by atoms with Crippen molar-refractivity contribution in [1.82, 2.24) is 0 Å². The monoisotopic (exact) mass is 322 g/mol. The summed E-state index contributed by atoms with van der Waals surface area (Å²) >= 11 is 0. The van der Waals surface area contributed by atoms with Crippen LogP contribution in [0.25, 0.3) is 12.2 Å². The largest absolute Gasteiger partial charge is 0.486 e. The van der Waals surface area contributed by atoms with Gasteiger partial charge in [-0.05, 0) is 35.4 Å². The van der Waals surface area contributed by atoms with Gasteiger partial charge >= 0.3 is 5.97 Å². The molecule has 122 valence electrons. The quantitative estimate of drug-likeness (QED) is 0.621. The van der Waals surface area contributed by atoms with Gasteiger partial charge in [-0.25, -0.2) is 4.79 Å². The summed E-state index contributed by atoms with van der Waals surface area (Å²) in [4.78, 5) is 11.7. The molecule has 1 heterocycles. The molecule has 3 rings (SSSR count). The summed E-state index contributed by atoms with van der Waals surface area (Å²) in [6.45, 7) is 1.33. The van der Waals surface area contributed by atoms with Crippen LogP contribution in [0.3, 0.4) is 0 Å². The van der Waals surface area contributed by atoms with Crippen molar-refractivity contribution in [2.75, 3.05) is 19.8 Å². The zero-order valence-corrected chi connectivity index (χ0v) is 13.2. The third-order valence-electron chi connectivity index (χ3n) is 3.41. The minimum absolute atomic E-state index is 0.235. The highest BCUT2D eigenvalue weighted by Gasteiger charge is 2.10. The summed E-state index contributed by atoms with van der Waals surface area (Å²) < 4.78 is 16.1. The number of benzene rings is 2. The zero-order chi connectivity index (χ0) is 16.6. The predicted octanol–water partition coefficient (Wildman–Crippen LogP) is 3.73. The van der Waals surface area contributed by atoms with Crippen LogP contribution in [0, 0.1) is 0 Å². The highest BCUT2D eigenvalue weighted by Crippen LogP contribution is 2.31. The van der Waals surface area contributed by atoms with E-state index in [1.807, 2.05) is 60.7 Å². The molecule has 1 aliphatic rings. The Morgan fingerprint density at radius 2 is 1.75 bits per heavy atom. The normalized spacial score (nSPS) is 13.3. The minimum atomic E-state index is -0.386. The molecule has 0 spiro atoms. The number of hydrogen-bond donors (Lipinski definition) is 0. The van der Waals surface area contributed by atoms with Crippen molar-refractivity contribution in [1.29, 1.82) is 0 Å². The summed E-state index contributed by atoms with van der Waals surface area (Å²) in [5, 5.41) is 0. The lowest BCUT2D eigenvalue weighted by Gasteiger charge is -2.18. The fourth-order valence-electron chi connectivity index (χ4n) is 2.25. The number of rotatable bonds is 5. The van der Waals surface area contributed by atoms with Gasteiger partial charge < -0.3 is 14.2 Å². The lowest BCUT2D eigenvalue weighted by Crippen LogP contribution is -2.15. The van der Waals surface area contributed by atoms with Gasteiger partial charge in [0.05, 0.1) is 0 Å². The van der Waals surface area contributed by atoms with E-state index in [1.165, 1.54) is 6.08 Å². The van der Waals surface area contributed by atoms with E-state index in [1.54, 1.807) is 6.08 Å². The van der Waals surface area contributed by atoms with Gasteiger partial charge in [-0.3, -0.25) is 0 Å². The fourth-order valence-corrected chi connectivity index (χ4v) is 2.25. The number of esters is 1. The molecule has 2 aromatic carbocycles. The molecule has 1 aliphatic heterocycles. The van der Waals surface area contributed by atoms with E-state index in [0.717, 1.165) is 16.9 Å². The number of carbonyl (C=O) groups excluding carboxylic acids is 1. The van der Waals surface area contributed by atoms with Gasteiger partial charge in [0.25, 0.3) is 0 Å².